The van der Waals surface area contributed by atoms with Gasteiger partial charge in [-0.3, -0.25) is 4.79 Å². The Bertz CT molecular complexity index is 366. The Morgan fingerprint density at radius 2 is 1.77 bits per heavy atom. The van der Waals surface area contributed by atoms with Crippen LogP contribution in [0, 0.1) is 0 Å². The first-order chi connectivity index (χ1) is 10.1. The molecule has 0 spiro atoms. The molecule has 130 valence electrons. The van der Waals surface area contributed by atoms with Gasteiger partial charge in [0, 0.05) is 13.3 Å². The number of aliphatic hydroxyl groups excluding tert-OH is 6. The van der Waals surface area contributed by atoms with E-state index >= 15 is 0 Å². The van der Waals surface area contributed by atoms with E-state index in [2.05, 4.69) is 5.32 Å². The van der Waals surface area contributed by atoms with Crippen molar-refractivity contribution in [3.63, 3.8) is 0 Å². The molecule has 0 aromatic carbocycles. The van der Waals surface area contributed by atoms with Crippen LogP contribution < -0.4 is 5.32 Å². The Balaban J connectivity index is 2.65. The van der Waals surface area contributed by atoms with E-state index in [1.54, 1.807) is 0 Å². The fourth-order valence-corrected chi connectivity index (χ4v) is 2.38. The lowest BCUT2D eigenvalue weighted by atomic mass is 9.87. The number of rotatable bonds is 6. The maximum absolute atomic E-state index is 11.1. The van der Waals surface area contributed by atoms with Gasteiger partial charge in [-0.1, -0.05) is 0 Å². The number of aliphatic hydroxyl groups is 6. The lowest BCUT2D eigenvalue weighted by Crippen LogP contribution is -2.58. The van der Waals surface area contributed by atoms with Crippen molar-refractivity contribution in [1.82, 2.24) is 5.32 Å². The monoisotopic (exact) mass is 323 g/mol. The molecular formula is C13H25NO8. The van der Waals surface area contributed by atoms with Gasteiger partial charge in [-0.2, -0.15) is 0 Å². The Morgan fingerprint density at radius 3 is 2.27 bits per heavy atom. The van der Waals surface area contributed by atoms with Crippen molar-refractivity contribution in [1.29, 1.82) is 0 Å². The second-order valence-corrected chi connectivity index (χ2v) is 5.68. The number of hydrogen-bond donors (Lipinski definition) is 7. The van der Waals surface area contributed by atoms with Crippen LogP contribution in [0.1, 0.15) is 20.3 Å². The van der Waals surface area contributed by atoms with Gasteiger partial charge in [0.05, 0.1) is 31.0 Å². The average molecular weight is 323 g/mol. The van der Waals surface area contributed by atoms with Crippen molar-refractivity contribution in [3.05, 3.63) is 0 Å². The van der Waals surface area contributed by atoms with Gasteiger partial charge in [0.25, 0.3) is 0 Å². The Kier molecular flexibility index (Phi) is 7.13. The molecule has 0 bridgehead atoms. The Hall–Kier alpha value is -0.810. The number of amides is 1. The van der Waals surface area contributed by atoms with Gasteiger partial charge >= 0.3 is 0 Å². The minimum absolute atomic E-state index is 0.114. The van der Waals surface area contributed by atoms with Crippen LogP contribution in [-0.2, 0) is 9.53 Å². The Labute approximate surface area is 128 Å². The van der Waals surface area contributed by atoms with Gasteiger partial charge in [-0.15, -0.1) is 0 Å². The predicted octanol–water partition coefficient (Wildman–Crippen LogP) is -3.53. The molecule has 9 heteroatoms. The van der Waals surface area contributed by atoms with Crippen LogP contribution in [-0.4, -0.2) is 91.9 Å². The second kappa shape index (κ2) is 8.16. The summed E-state index contributed by atoms with van der Waals surface area (Å²) in [6, 6.07) is -0.925. The minimum Gasteiger partial charge on any atom is -0.391 e. The fraction of sp³-hybridized carbons (Fsp3) is 0.923. The standard InChI is InChI=1S/C13H25NO8/c1-5(15)10(18)7(14-6(2)16)4-22-9-3-8(17)11(19)13(21)12(9)20/h5,7-13,15,17-21H,3-4H2,1-2H3,(H,14,16). The third-order valence-electron chi connectivity index (χ3n) is 3.73. The molecule has 1 rings (SSSR count). The Morgan fingerprint density at radius 1 is 1.18 bits per heavy atom. The normalized spacial score (nSPS) is 36.5. The van der Waals surface area contributed by atoms with E-state index in [1.165, 1.54) is 13.8 Å². The quantitative estimate of drug-likeness (QED) is 0.265. The van der Waals surface area contributed by atoms with E-state index in [4.69, 9.17) is 4.74 Å². The van der Waals surface area contributed by atoms with E-state index in [0.29, 0.717) is 0 Å². The van der Waals surface area contributed by atoms with Crippen LogP contribution in [0.3, 0.4) is 0 Å². The molecule has 9 nitrogen and oxygen atoms in total. The van der Waals surface area contributed by atoms with E-state index in [9.17, 15) is 35.4 Å². The third-order valence-corrected chi connectivity index (χ3v) is 3.73. The van der Waals surface area contributed by atoms with Gasteiger partial charge < -0.3 is 40.7 Å². The highest BCUT2D eigenvalue weighted by molar-refractivity contribution is 5.73. The van der Waals surface area contributed by atoms with E-state index in [-0.39, 0.29) is 13.0 Å². The molecule has 0 aromatic rings. The first-order valence-electron chi connectivity index (χ1n) is 7.12. The van der Waals surface area contributed by atoms with Crippen molar-refractivity contribution in [3.8, 4) is 0 Å². The summed E-state index contributed by atoms with van der Waals surface area (Å²) in [5.41, 5.74) is 0. The van der Waals surface area contributed by atoms with Gasteiger partial charge in [0.1, 0.15) is 24.4 Å². The highest BCUT2D eigenvalue weighted by atomic mass is 16.5. The summed E-state index contributed by atoms with van der Waals surface area (Å²) in [6.45, 7) is 2.34. The van der Waals surface area contributed by atoms with Crippen molar-refractivity contribution >= 4 is 5.91 Å². The molecule has 0 aliphatic heterocycles. The van der Waals surface area contributed by atoms with Crippen molar-refractivity contribution < 1.29 is 40.2 Å². The fourth-order valence-electron chi connectivity index (χ4n) is 2.38. The van der Waals surface area contributed by atoms with Crippen molar-refractivity contribution in [2.75, 3.05) is 6.61 Å². The lowest BCUT2D eigenvalue weighted by molar-refractivity contribution is -0.193. The first kappa shape index (κ1) is 19.2. The predicted molar refractivity (Wildman–Crippen MR) is 73.7 cm³/mol. The lowest BCUT2D eigenvalue weighted by Gasteiger charge is -2.39. The summed E-state index contributed by atoms with van der Waals surface area (Å²) in [5.74, 6) is -0.437. The average Bonchev–Trinajstić information content (AvgIpc) is 2.44. The van der Waals surface area contributed by atoms with Gasteiger partial charge in [-0.25, -0.2) is 0 Å². The number of nitrogens with one attached hydrogen (secondary N) is 1. The van der Waals surface area contributed by atoms with Crippen LogP contribution in [0.15, 0.2) is 0 Å². The molecule has 7 N–H and O–H groups in total. The molecule has 8 atom stereocenters. The molecule has 0 saturated heterocycles. The highest BCUT2D eigenvalue weighted by Gasteiger charge is 2.43. The molecule has 1 aliphatic carbocycles. The van der Waals surface area contributed by atoms with Crippen LogP contribution >= 0.6 is 0 Å². The van der Waals surface area contributed by atoms with Gasteiger partial charge in [-0.05, 0) is 6.92 Å². The van der Waals surface area contributed by atoms with Crippen LogP contribution in [0.5, 0.6) is 0 Å². The second-order valence-electron chi connectivity index (χ2n) is 5.68. The van der Waals surface area contributed by atoms with Crippen molar-refractivity contribution in [2.24, 2.45) is 0 Å². The molecule has 1 amide bonds. The molecule has 0 radical (unpaired) electrons. The maximum Gasteiger partial charge on any atom is 0.217 e. The summed E-state index contributed by atoms with van der Waals surface area (Å²) < 4.78 is 5.35. The molecule has 0 aromatic heterocycles. The summed E-state index contributed by atoms with van der Waals surface area (Å²) in [7, 11) is 0. The summed E-state index contributed by atoms with van der Waals surface area (Å²) in [6.07, 6.45) is -9.20. The zero-order valence-electron chi connectivity index (χ0n) is 12.5. The van der Waals surface area contributed by atoms with Gasteiger partial charge in [0.15, 0.2) is 0 Å². The third kappa shape index (κ3) is 4.85. The number of ether oxygens (including phenoxy) is 1. The summed E-state index contributed by atoms with van der Waals surface area (Å²) >= 11 is 0. The zero-order chi connectivity index (χ0) is 17.0. The molecule has 22 heavy (non-hydrogen) atoms. The summed E-state index contributed by atoms with van der Waals surface area (Å²) in [5, 5.41) is 60.1. The minimum atomic E-state index is -1.56. The summed E-state index contributed by atoms with van der Waals surface area (Å²) in [4.78, 5) is 11.1. The largest absolute Gasteiger partial charge is 0.391 e. The van der Waals surface area contributed by atoms with Crippen molar-refractivity contribution in [2.45, 2.75) is 69.0 Å². The molecular weight excluding hydrogens is 298 g/mol. The van der Waals surface area contributed by atoms with Crippen LogP contribution in [0.2, 0.25) is 0 Å². The van der Waals surface area contributed by atoms with E-state index in [0.717, 1.165) is 0 Å². The topological polar surface area (TPSA) is 160 Å². The number of hydrogen-bond acceptors (Lipinski definition) is 8. The highest BCUT2D eigenvalue weighted by Crippen LogP contribution is 2.23. The maximum atomic E-state index is 11.1. The molecule has 8 unspecified atom stereocenters. The molecule has 1 aliphatic rings. The number of carbonyl (C=O) groups excluding carboxylic acids is 1. The first-order valence-corrected chi connectivity index (χ1v) is 7.12. The van der Waals surface area contributed by atoms with Crippen LogP contribution in [0.25, 0.3) is 0 Å². The zero-order valence-corrected chi connectivity index (χ0v) is 12.5. The SMILES string of the molecule is CC(=O)NC(COC1CC(O)C(O)C(O)C1O)C(O)C(C)O. The van der Waals surface area contributed by atoms with E-state index in [1.807, 2.05) is 0 Å². The van der Waals surface area contributed by atoms with E-state index < -0.39 is 54.7 Å². The number of carbonyl (C=O) groups is 1. The van der Waals surface area contributed by atoms with Gasteiger partial charge in [0.2, 0.25) is 5.91 Å². The molecule has 0 heterocycles. The van der Waals surface area contributed by atoms with Crippen LogP contribution in [0.4, 0.5) is 0 Å². The molecule has 1 fully saturated rings. The smallest absolute Gasteiger partial charge is 0.217 e. The molecule has 1 saturated carbocycles.